The van der Waals surface area contributed by atoms with E-state index in [0.717, 1.165) is 75.1 Å². The van der Waals surface area contributed by atoms with E-state index in [1.807, 2.05) is 35.8 Å². The topological polar surface area (TPSA) is 42.3 Å². The molecular weight excluding hydrogens is 474 g/mol. The van der Waals surface area contributed by atoms with Crippen molar-refractivity contribution in [3.8, 4) is 6.07 Å². The smallest absolute Gasteiger partial charge is 0.131 e. The molecule has 2 heterocycles. The molecule has 4 nitrogen and oxygen atoms in total. The molecule has 2 aromatic rings. The number of nitrogens with one attached hydrogen (secondary N) is 1. The number of likely N-dealkylation sites (tertiary alicyclic amines) is 1. The molecule has 190 valence electrons. The van der Waals surface area contributed by atoms with Crippen molar-refractivity contribution >= 4 is 17.6 Å². The van der Waals surface area contributed by atoms with Gasteiger partial charge in [0.1, 0.15) is 11.6 Å². The van der Waals surface area contributed by atoms with Gasteiger partial charge in [0.05, 0.1) is 17.2 Å². The molecule has 2 aromatic carbocycles. The Balaban J connectivity index is 1.20. The van der Waals surface area contributed by atoms with Gasteiger partial charge >= 0.3 is 0 Å². The second kappa shape index (κ2) is 9.81. The number of nitrogens with zero attached hydrogens (tertiary/aromatic N) is 3. The van der Waals surface area contributed by atoms with Gasteiger partial charge in [-0.25, -0.2) is 13.1 Å². The second-order valence-electron chi connectivity index (χ2n) is 10.5. The minimum atomic E-state index is -0.526. The molecule has 3 aliphatic rings. The zero-order valence-electron chi connectivity index (χ0n) is 21.2. The van der Waals surface area contributed by atoms with E-state index < -0.39 is 17.2 Å². The summed E-state index contributed by atoms with van der Waals surface area (Å²) >= 11 is 1.53. The number of hydrogen-bond acceptors (Lipinski definition) is 5. The van der Waals surface area contributed by atoms with E-state index in [-0.39, 0.29) is 11.0 Å². The first-order chi connectivity index (χ1) is 17.3. The summed E-state index contributed by atoms with van der Waals surface area (Å²) in [6.07, 6.45) is 7.94. The Hall–Kier alpha value is -2.40. The van der Waals surface area contributed by atoms with Crippen LogP contribution >= 0.6 is 11.9 Å². The number of halogens is 2. The van der Waals surface area contributed by atoms with Gasteiger partial charge in [-0.2, -0.15) is 5.26 Å². The number of anilines is 1. The van der Waals surface area contributed by atoms with Gasteiger partial charge in [-0.15, -0.1) is 0 Å². The zero-order valence-corrected chi connectivity index (χ0v) is 22.0. The fraction of sp³-hybridized carbons (Fsp3) is 0.483. The number of piperidine rings is 1. The summed E-state index contributed by atoms with van der Waals surface area (Å²) < 4.78 is 32.3. The van der Waals surface area contributed by atoms with Crippen molar-refractivity contribution in [3.63, 3.8) is 0 Å². The zero-order chi connectivity index (χ0) is 25.5. The maximum Gasteiger partial charge on any atom is 0.131 e. The molecule has 0 unspecified atom stereocenters. The Morgan fingerprint density at radius 2 is 1.83 bits per heavy atom. The molecule has 0 radical (unpaired) electrons. The Labute approximate surface area is 217 Å². The van der Waals surface area contributed by atoms with E-state index in [0.29, 0.717) is 12.0 Å². The largest absolute Gasteiger partial charge is 0.358 e. The summed E-state index contributed by atoms with van der Waals surface area (Å²) in [6, 6.07) is 11.2. The molecule has 2 fully saturated rings. The fourth-order valence-corrected chi connectivity index (χ4v) is 7.05. The molecule has 1 saturated heterocycles. The van der Waals surface area contributed by atoms with E-state index in [1.54, 1.807) is 12.1 Å². The molecule has 1 spiro atoms. The third-order valence-electron chi connectivity index (χ3n) is 8.80. The fourth-order valence-electron chi connectivity index (χ4n) is 6.42. The quantitative estimate of drug-likeness (QED) is 0.443. The second-order valence-corrected chi connectivity index (χ2v) is 11.4. The van der Waals surface area contributed by atoms with Gasteiger partial charge < -0.3 is 10.2 Å². The molecule has 7 heteroatoms. The third kappa shape index (κ3) is 4.13. The summed E-state index contributed by atoms with van der Waals surface area (Å²) in [7, 11) is 1.93. The number of rotatable bonds is 7. The number of nitriles is 1. The molecule has 0 atom stereocenters. The van der Waals surface area contributed by atoms with Crippen LogP contribution in [-0.2, 0) is 17.4 Å². The predicted molar refractivity (Wildman–Crippen MR) is 143 cm³/mol. The van der Waals surface area contributed by atoms with Crippen LogP contribution in [-0.4, -0.2) is 42.1 Å². The molecule has 1 saturated carbocycles. The van der Waals surface area contributed by atoms with Crippen molar-refractivity contribution in [2.75, 3.05) is 38.3 Å². The minimum absolute atomic E-state index is 0.123. The van der Waals surface area contributed by atoms with Crippen molar-refractivity contribution < 1.29 is 8.78 Å². The SMILES string of the molecule is C=C1Nc2ccc(C#N)cc2C12CCN(CCCc1cc(F)c(C3(N(C)SC)CCC3)c(F)c1)CC2. The molecule has 36 heavy (non-hydrogen) atoms. The number of benzene rings is 2. The van der Waals surface area contributed by atoms with Crippen molar-refractivity contribution in [3.05, 3.63) is 76.5 Å². The molecule has 0 amide bonds. The number of fused-ring (bicyclic) bond motifs is 2. The van der Waals surface area contributed by atoms with Crippen molar-refractivity contribution in [1.29, 1.82) is 5.26 Å². The lowest BCUT2D eigenvalue weighted by Crippen LogP contribution is -2.47. The van der Waals surface area contributed by atoms with Gasteiger partial charge in [-0.1, -0.05) is 18.5 Å². The molecule has 0 bridgehead atoms. The minimum Gasteiger partial charge on any atom is -0.358 e. The van der Waals surface area contributed by atoms with Crippen molar-refractivity contribution in [2.24, 2.45) is 0 Å². The number of hydrogen-bond donors (Lipinski definition) is 1. The van der Waals surface area contributed by atoms with Crippen LogP contribution in [0, 0.1) is 23.0 Å². The Kier molecular flexibility index (Phi) is 6.88. The lowest BCUT2D eigenvalue weighted by molar-refractivity contribution is 0.107. The van der Waals surface area contributed by atoms with E-state index >= 15 is 8.78 Å². The number of aryl methyl sites for hydroxylation is 1. The van der Waals surface area contributed by atoms with Crippen LogP contribution in [0.25, 0.3) is 0 Å². The highest BCUT2D eigenvalue weighted by Gasteiger charge is 2.46. The highest BCUT2D eigenvalue weighted by molar-refractivity contribution is 7.96. The first-order valence-corrected chi connectivity index (χ1v) is 14.0. The molecule has 1 N–H and O–H groups in total. The maximum absolute atomic E-state index is 15.2. The first-order valence-electron chi connectivity index (χ1n) is 12.8. The van der Waals surface area contributed by atoms with E-state index in [4.69, 9.17) is 0 Å². The monoisotopic (exact) mass is 508 g/mol. The van der Waals surface area contributed by atoms with E-state index in [2.05, 4.69) is 22.9 Å². The number of allylic oxidation sites excluding steroid dienone is 1. The van der Waals surface area contributed by atoms with Gasteiger partial charge in [0.15, 0.2) is 0 Å². The average molecular weight is 509 g/mol. The Morgan fingerprint density at radius 1 is 1.14 bits per heavy atom. The Bertz CT molecular complexity index is 1190. The lowest BCUT2D eigenvalue weighted by atomic mass is 9.71. The molecular formula is C29H34F2N4S. The average Bonchev–Trinajstić information content (AvgIpc) is 3.11. The van der Waals surface area contributed by atoms with Crippen LogP contribution in [0.5, 0.6) is 0 Å². The maximum atomic E-state index is 15.2. The highest BCUT2D eigenvalue weighted by atomic mass is 32.2. The lowest BCUT2D eigenvalue weighted by Gasteiger charge is -2.48. The predicted octanol–water partition coefficient (Wildman–Crippen LogP) is 6.33. The normalized spacial score (nSPS) is 20.2. The van der Waals surface area contributed by atoms with Crippen LogP contribution < -0.4 is 5.32 Å². The van der Waals surface area contributed by atoms with Crippen LogP contribution in [0.2, 0.25) is 0 Å². The Morgan fingerprint density at radius 3 is 2.42 bits per heavy atom. The van der Waals surface area contributed by atoms with Crippen LogP contribution in [0.3, 0.4) is 0 Å². The summed E-state index contributed by atoms with van der Waals surface area (Å²) in [5, 5.41) is 12.8. The van der Waals surface area contributed by atoms with E-state index in [9.17, 15) is 5.26 Å². The standard InChI is InChI=1S/C29H34F2N4S/c1-20-28(23-16-22(19-32)7-8-26(23)33-20)11-14-35(15-12-28)13-4-6-21-17-24(30)27(25(31)18-21)29(9-5-10-29)34(2)36-3/h7-8,16-18,33H,1,4-6,9-15H2,2-3H3. The molecule has 0 aromatic heterocycles. The first kappa shape index (κ1) is 25.3. The molecule has 2 aliphatic heterocycles. The van der Waals surface area contributed by atoms with Crippen LogP contribution in [0.1, 0.15) is 60.8 Å². The van der Waals surface area contributed by atoms with Crippen molar-refractivity contribution in [1.82, 2.24) is 9.21 Å². The van der Waals surface area contributed by atoms with Gasteiger partial charge in [-0.05, 0) is 119 Å². The molecule has 5 rings (SSSR count). The summed E-state index contributed by atoms with van der Waals surface area (Å²) in [6.45, 7) is 7.07. The van der Waals surface area contributed by atoms with Crippen molar-refractivity contribution in [2.45, 2.75) is 55.9 Å². The molecule has 1 aliphatic carbocycles. The van der Waals surface area contributed by atoms with Gasteiger partial charge in [0.25, 0.3) is 0 Å². The van der Waals surface area contributed by atoms with Gasteiger partial charge in [0.2, 0.25) is 0 Å². The summed E-state index contributed by atoms with van der Waals surface area (Å²) in [4.78, 5) is 2.43. The van der Waals surface area contributed by atoms with E-state index in [1.165, 1.54) is 17.5 Å². The summed E-state index contributed by atoms with van der Waals surface area (Å²) in [5.74, 6) is -0.818. The highest BCUT2D eigenvalue weighted by Crippen LogP contribution is 2.51. The third-order valence-corrected chi connectivity index (χ3v) is 9.70. The van der Waals surface area contributed by atoms with Crippen LogP contribution in [0.4, 0.5) is 14.5 Å². The summed E-state index contributed by atoms with van der Waals surface area (Å²) in [5.41, 5.74) is 4.27. The van der Waals surface area contributed by atoms with Gasteiger partial charge in [-0.3, -0.25) is 0 Å². The van der Waals surface area contributed by atoms with Crippen LogP contribution in [0.15, 0.2) is 42.6 Å². The van der Waals surface area contributed by atoms with Gasteiger partial charge in [0, 0.05) is 22.4 Å².